The molecule has 1 aliphatic rings. The van der Waals surface area contributed by atoms with Crippen molar-refractivity contribution in [2.75, 3.05) is 11.5 Å². The van der Waals surface area contributed by atoms with Crippen LogP contribution in [0.3, 0.4) is 0 Å². The fraction of sp³-hybridized carbons (Fsp3) is 0.267. The minimum absolute atomic E-state index is 0.0366. The zero-order valence-corrected chi connectivity index (χ0v) is 11.8. The van der Waals surface area contributed by atoms with Crippen molar-refractivity contribution < 1.29 is 8.42 Å². The summed E-state index contributed by atoms with van der Waals surface area (Å²) >= 11 is 0. The number of hydrogen-bond donors (Lipinski definition) is 0. The van der Waals surface area contributed by atoms with Crippen molar-refractivity contribution in [3.8, 4) is 0 Å². The smallest absolute Gasteiger partial charge is 0.152 e. The second-order valence-electron chi connectivity index (χ2n) is 5.00. The molecular formula is C15H16N2O2S. The lowest BCUT2D eigenvalue weighted by atomic mass is 10.2. The molecule has 3 rings (SSSR count). The van der Waals surface area contributed by atoms with E-state index >= 15 is 0 Å². The van der Waals surface area contributed by atoms with Gasteiger partial charge in [0, 0.05) is 6.20 Å². The van der Waals surface area contributed by atoms with Gasteiger partial charge in [-0.25, -0.2) is 8.42 Å². The number of benzene rings is 1. The van der Waals surface area contributed by atoms with E-state index < -0.39 is 9.84 Å². The van der Waals surface area contributed by atoms with Crippen LogP contribution in [-0.2, 0) is 9.84 Å². The summed E-state index contributed by atoms with van der Waals surface area (Å²) in [5.41, 5.74) is 2.05. The molecule has 2 heterocycles. The molecule has 0 spiro atoms. The Kier molecular flexibility index (Phi) is 3.44. The van der Waals surface area contributed by atoms with Crippen LogP contribution in [0.2, 0.25) is 0 Å². The summed E-state index contributed by atoms with van der Waals surface area (Å²) in [6, 6.07) is 11.9. The third-order valence-corrected chi connectivity index (χ3v) is 5.25. The zero-order chi connectivity index (χ0) is 14.0. The van der Waals surface area contributed by atoms with Crippen molar-refractivity contribution in [2.45, 2.75) is 12.5 Å². The topological polar surface area (TPSA) is 52.0 Å². The highest BCUT2D eigenvalue weighted by atomic mass is 32.2. The fourth-order valence-electron chi connectivity index (χ4n) is 2.48. The highest BCUT2D eigenvalue weighted by Crippen LogP contribution is 2.24. The van der Waals surface area contributed by atoms with E-state index in [1.54, 1.807) is 6.20 Å². The molecule has 2 aromatic rings. The zero-order valence-electron chi connectivity index (χ0n) is 11.0. The molecule has 20 heavy (non-hydrogen) atoms. The molecule has 4 nitrogen and oxygen atoms in total. The number of aromatic nitrogens is 2. The molecule has 5 heteroatoms. The Labute approximate surface area is 118 Å². The summed E-state index contributed by atoms with van der Waals surface area (Å²) < 4.78 is 25.0. The lowest BCUT2D eigenvalue weighted by Crippen LogP contribution is -2.13. The molecule has 104 valence electrons. The SMILES string of the molecule is O=S1(=O)CCC(n2nccc2C=Cc2ccccc2)C1. The molecule has 0 amide bonds. The van der Waals surface area contributed by atoms with Crippen LogP contribution in [0.5, 0.6) is 0 Å². The predicted octanol–water partition coefficient (Wildman–Crippen LogP) is 2.41. The van der Waals surface area contributed by atoms with Gasteiger partial charge in [-0.1, -0.05) is 36.4 Å². The van der Waals surface area contributed by atoms with Gasteiger partial charge in [0.25, 0.3) is 0 Å². The van der Waals surface area contributed by atoms with E-state index in [4.69, 9.17) is 0 Å². The summed E-state index contributed by atoms with van der Waals surface area (Å²) in [6.45, 7) is 0. The van der Waals surface area contributed by atoms with Crippen molar-refractivity contribution in [1.29, 1.82) is 0 Å². The lowest BCUT2D eigenvalue weighted by molar-refractivity contribution is 0.496. The normalized spacial score (nSPS) is 21.5. The van der Waals surface area contributed by atoms with Crippen molar-refractivity contribution >= 4 is 22.0 Å². The van der Waals surface area contributed by atoms with Crippen molar-refractivity contribution in [3.63, 3.8) is 0 Å². The van der Waals surface area contributed by atoms with E-state index in [1.165, 1.54) is 0 Å². The average Bonchev–Trinajstić information content (AvgIpc) is 3.03. The number of hydrogen-bond acceptors (Lipinski definition) is 3. The van der Waals surface area contributed by atoms with Crippen LogP contribution in [0.1, 0.15) is 23.7 Å². The molecule has 0 radical (unpaired) electrons. The average molecular weight is 288 g/mol. The molecule has 1 fully saturated rings. The van der Waals surface area contributed by atoms with Gasteiger partial charge in [-0.3, -0.25) is 4.68 Å². The minimum atomic E-state index is -2.89. The Bertz CT molecular complexity index is 717. The van der Waals surface area contributed by atoms with Crippen LogP contribution in [0.4, 0.5) is 0 Å². The molecule has 0 saturated carbocycles. The third kappa shape index (κ3) is 2.82. The van der Waals surface area contributed by atoms with Gasteiger partial charge in [0.05, 0.1) is 23.2 Å². The molecule has 0 bridgehead atoms. The Morgan fingerprint density at radius 2 is 1.95 bits per heavy atom. The molecule has 1 aromatic carbocycles. The molecule has 1 saturated heterocycles. The Balaban J connectivity index is 1.83. The van der Waals surface area contributed by atoms with Crippen LogP contribution in [-0.4, -0.2) is 29.7 Å². The van der Waals surface area contributed by atoms with Crippen LogP contribution in [0.15, 0.2) is 42.6 Å². The van der Waals surface area contributed by atoms with Crippen LogP contribution < -0.4 is 0 Å². The van der Waals surface area contributed by atoms with Gasteiger partial charge in [0.15, 0.2) is 9.84 Å². The van der Waals surface area contributed by atoms with Gasteiger partial charge < -0.3 is 0 Å². The van der Waals surface area contributed by atoms with Gasteiger partial charge >= 0.3 is 0 Å². The van der Waals surface area contributed by atoms with Gasteiger partial charge in [0.2, 0.25) is 0 Å². The molecule has 1 unspecified atom stereocenters. The first-order valence-electron chi connectivity index (χ1n) is 6.61. The highest BCUT2D eigenvalue weighted by molar-refractivity contribution is 7.91. The Morgan fingerprint density at radius 3 is 2.65 bits per heavy atom. The quantitative estimate of drug-likeness (QED) is 0.871. The largest absolute Gasteiger partial charge is 0.261 e. The van der Waals surface area contributed by atoms with E-state index in [1.807, 2.05) is 53.2 Å². The summed E-state index contributed by atoms with van der Waals surface area (Å²) in [6.07, 6.45) is 6.36. The van der Waals surface area contributed by atoms with E-state index in [0.29, 0.717) is 6.42 Å². The first kappa shape index (κ1) is 13.1. The first-order valence-corrected chi connectivity index (χ1v) is 8.43. The Morgan fingerprint density at radius 1 is 1.15 bits per heavy atom. The molecule has 1 aromatic heterocycles. The van der Waals surface area contributed by atoms with E-state index in [9.17, 15) is 8.42 Å². The maximum Gasteiger partial charge on any atom is 0.152 e. The van der Waals surface area contributed by atoms with Crippen molar-refractivity contribution in [3.05, 3.63) is 53.9 Å². The minimum Gasteiger partial charge on any atom is -0.261 e. The number of nitrogens with zero attached hydrogens (tertiary/aromatic N) is 2. The van der Waals surface area contributed by atoms with Crippen molar-refractivity contribution in [1.82, 2.24) is 9.78 Å². The first-order chi connectivity index (χ1) is 9.64. The fourth-order valence-corrected chi connectivity index (χ4v) is 4.17. The van der Waals surface area contributed by atoms with Gasteiger partial charge in [-0.15, -0.1) is 0 Å². The summed E-state index contributed by atoms with van der Waals surface area (Å²) in [5, 5.41) is 4.28. The van der Waals surface area contributed by atoms with Crippen molar-refractivity contribution in [2.24, 2.45) is 0 Å². The Hall–Kier alpha value is -1.88. The van der Waals surface area contributed by atoms with Crippen LogP contribution in [0, 0.1) is 0 Å². The molecule has 0 N–H and O–H groups in total. The van der Waals surface area contributed by atoms with E-state index in [0.717, 1.165) is 11.3 Å². The predicted molar refractivity (Wildman–Crippen MR) is 79.9 cm³/mol. The maximum absolute atomic E-state index is 11.6. The van der Waals surface area contributed by atoms with Crippen LogP contribution >= 0.6 is 0 Å². The number of sulfone groups is 1. The van der Waals surface area contributed by atoms with E-state index in [-0.39, 0.29) is 17.5 Å². The summed E-state index contributed by atoms with van der Waals surface area (Å²) in [4.78, 5) is 0. The monoisotopic (exact) mass is 288 g/mol. The lowest BCUT2D eigenvalue weighted by Gasteiger charge is -2.10. The van der Waals surface area contributed by atoms with E-state index in [2.05, 4.69) is 5.10 Å². The highest BCUT2D eigenvalue weighted by Gasteiger charge is 2.30. The molecule has 1 aliphatic heterocycles. The maximum atomic E-state index is 11.6. The summed E-state index contributed by atoms with van der Waals surface area (Å²) in [7, 11) is -2.89. The van der Waals surface area contributed by atoms with Gasteiger partial charge in [-0.05, 0) is 24.1 Å². The molecule has 1 atom stereocenters. The van der Waals surface area contributed by atoms with Crippen LogP contribution in [0.25, 0.3) is 12.2 Å². The number of rotatable bonds is 3. The molecule has 0 aliphatic carbocycles. The van der Waals surface area contributed by atoms with Gasteiger partial charge in [0.1, 0.15) is 0 Å². The second kappa shape index (κ2) is 5.25. The second-order valence-corrected chi connectivity index (χ2v) is 7.23. The standard InChI is InChI=1S/C15H16N2O2S/c18-20(19)11-9-15(12-20)17-14(8-10-16-17)7-6-13-4-2-1-3-5-13/h1-8,10,15H,9,11-12H2. The third-order valence-electron chi connectivity index (χ3n) is 3.50. The van der Waals surface area contributed by atoms with Gasteiger partial charge in [-0.2, -0.15) is 5.10 Å². The summed E-state index contributed by atoms with van der Waals surface area (Å²) in [5.74, 6) is 0.459. The molecular weight excluding hydrogens is 272 g/mol.